The van der Waals surface area contributed by atoms with Crippen LogP contribution in [0.3, 0.4) is 0 Å². The molecule has 1 fully saturated rings. The first-order valence-electron chi connectivity index (χ1n) is 9.06. The number of hydrogen-bond donors (Lipinski definition) is 0. The fourth-order valence-corrected chi connectivity index (χ4v) is 3.20. The minimum Gasteiger partial charge on any atom is -0.474 e. The molecule has 1 aliphatic carbocycles. The first kappa shape index (κ1) is 19.7. The van der Waals surface area contributed by atoms with Crippen LogP contribution in [-0.2, 0) is 11.0 Å². The van der Waals surface area contributed by atoms with Crippen LogP contribution in [0, 0.1) is 17.7 Å². The lowest BCUT2D eigenvalue weighted by Crippen LogP contribution is -2.19. The maximum absolute atomic E-state index is 13.2. The number of pyridine rings is 1. The summed E-state index contributed by atoms with van der Waals surface area (Å²) in [5, 5.41) is 0. The van der Waals surface area contributed by atoms with Crippen LogP contribution in [0.4, 0.5) is 4.39 Å². The molecular formula is C21H25FN2O2S. The van der Waals surface area contributed by atoms with Crippen LogP contribution >= 0.6 is 0 Å². The van der Waals surface area contributed by atoms with Gasteiger partial charge < -0.3 is 4.74 Å². The normalized spacial score (nSPS) is 23.4. The zero-order valence-corrected chi connectivity index (χ0v) is 17.1. The molecule has 1 saturated carbocycles. The molecule has 0 aliphatic heterocycles. The summed E-state index contributed by atoms with van der Waals surface area (Å²) < 4.78 is 35.2. The van der Waals surface area contributed by atoms with Gasteiger partial charge in [0, 0.05) is 23.4 Å². The quantitative estimate of drug-likeness (QED) is 0.691. The molecule has 3 rings (SSSR count). The molecule has 0 amide bonds. The van der Waals surface area contributed by atoms with Crippen LogP contribution in [0.15, 0.2) is 40.8 Å². The maximum atomic E-state index is 13.2. The van der Waals surface area contributed by atoms with E-state index in [4.69, 9.17) is 4.74 Å². The molecule has 0 saturated heterocycles. The van der Waals surface area contributed by atoms with E-state index < -0.39 is 15.7 Å². The van der Waals surface area contributed by atoms with Gasteiger partial charge in [0.05, 0.1) is 10.4 Å². The Kier molecular flexibility index (Phi) is 5.47. The molecule has 6 heteroatoms. The lowest BCUT2D eigenvalue weighted by molar-refractivity contribution is 0.267. The number of halogens is 1. The van der Waals surface area contributed by atoms with Crippen LogP contribution < -0.4 is 4.74 Å². The van der Waals surface area contributed by atoms with Crippen molar-refractivity contribution in [3.05, 3.63) is 47.8 Å². The van der Waals surface area contributed by atoms with E-state index in [1.54, 1.807) is 24.4 Å². The molecule has 0 spiro atoms. The Labute approximate surface area is 162 Å². The smallest absolute Gasteiger partial charge is 0.214 e. The zero-order valence-electron chi connectivity index (χ0n) is 16.3. The lowest BCUT2D eigenvalue weighted by Gasteiger charge is -2.13. The van der Waals surface area contributed by atoms with Crippen LogP contribution in [0.5, 0.6) is 5.88 Å². The van der Waals surface area contributed by atoms with E-state index in [2.05, 4.69) is 23.2 Å². The van der Waals surface area contributed by atoms with Crippen molar-refractivity contribution in [2.45, 2.75) is 45.5 Å². The van der Waals surface area contributed by atoms with Gasteiger partial charge in [-0.05, 0) is 62.9 Å². The molecule has 0 N–H and O–H groups in total. The SMILES string of the molecule is C[C@@H]1C(Oc2cc(/C=N\S(=O)C(C)(C)C)cc(-c3ccc(F)cc3)n2)[C@@H]1C. The molecule has 27 heavy (non-hydrogen) atoms. The first-order valence-corrected chi connectivity index (χ1v) is 10.2. The van der Waals surface area contributed by atoms with Crippen molar-refractivity contribution in [3.8, 4) is 17.1 Å². The fourth-order valence-electron chi connectivity index (χ4n) is 2.67. The zero-order chi connectivity index (χ0) is 19.8. The summed E-state index contributed by atoms with van der Waals surface area (Å²) in [7, 11) is -1.35. The van der Waals surface area contributed by atoms with E-state index in [0.717, 1.165) is 11.1 Å². The van der Waals surface area contributed by atoms with Gasteiger partial charge in [0.15, 0.2) is 0 Å². The van der Waals surface area contributed by atoms with Gasteiger partial charge in [-0.15, -0.1) is 0 Å². The van der Waals surface area contributed by atoms with Gasteiger partial charge in [-0.25, -0.2) is 13.6 Å². The first-order chi connectivity index (χ1) is 12.6. The molecule has 2 unspecified atom stereocenters. The third-order valence-corrected chi connectivity index (χ3v) is 6.11. The van der Waals surface area contributed by atoms with E-state index in [1.807, 2.05) is 26.8 Å². The van der Waals surface area contributed by atoms with Crippen molar-refractivity contribution in [2.24, 2.45) is 16.2 Å². The van der Waals surface area contributed by atoms with Crippen molar-refractivity contribution in [2.75, 3.05) is 0 Å². The molecule has 2 aromatic rings. The molecule has 4 nitrogen and oxygen atoms in total. The van der Waals surface area contributed by atoms with Gasteiger partial charge in [-0.3, -0.25) is 0 Å². The number of aromatic nitrogens is 1. The maximum Gasteiger partial charge on any atom is 0.214 e. The highest BCUT2D eigenvalue weighted by Gasteiger charge is 2.45. The standard InChI is InChI=1S/C21H25FN2O2S/c1-13-14(2)20(13)26-19-11-15(12-23-27(25)21(3,4)5)10-18(24-19)16-6-8-17(22)9-7-16/h6-14,20H,1-5H3/b23-12-/t13-,14+,20?,27?. The van der Waals surface area contributed by atoms with Crippen LogP contribution in [-0.4, -0.2) is 26.3 Å². The monoisotopic (exact) mass is 388 g/mol. The van der Waals surface area contributed by atoms with Crippen LogP contribution in [0.2, 0.25) is 0 Å². The highest BCUT2D eigenvalue weighted by molar-refractivity contribution is 7.85. The second-order valence-electron chi connectivity index (χ2n) is 8.03. The van der Waals surface area contributed by atoms with Crippen molar-refractivity contribution in [1.82, 2.24) is 4.98 Å². The van der Waals surface area contributed by atoms with Gasteiger partial charge in [0.25, 0.3) is 0 Å². The third kappa shape index (κ3) is 4.80. The Morgan fingerprint density at radius 3 is 2.33 bits per heavy atom. The Hall–Kier alpha value is -2.08. The van der Waals surface area contributed by atoms with Gasteiger partial charge in [0.1, 0.15) is 22.9 Å². The van der Waals surface area contributed by atoms with Gasteiger partial charge in [-0.2, -0.15) is 4.40 Å². The average molecular weight is 389 g/mol. The fraction of sp³-hybridized carbons (Fsp3) is 0.429. The Balaban J connectivity index is 1.94. The molecule has 1 aromatic heterocycles. The number of rotatable bonds is 5. The van der Waals surface area contributed by atoms with Crippen LogP contribution in [0.1, 0.15) is 40.2 Å². The van der Waals surface area contributed by atoms with Gasteiger partial charge in [0.2, 0.25) is 5.88 Å². The van der Waals surface area contributed by atoms with Gasteiger partial charge in [-0.1, -0.05) is 13.8 Å². The summed E-state index contributed by atoms with van der Waals surface area (Å²) >= 11 is 0. The predicted molar refractivity (Wildman–Crippen MR) is 108 cm³/mol. The van der Waals surface area contributed by atoms with Crippen molar-refractivity contribution in [3.63, 3.8) is 0 Å². The van der Waals surface area contributed by atoms with E-state index in [0.29, 0.717) is 23.4 Å². The average Bonchev–Trinajstić information content (AvgIpc) is 3.17. The second kappa shape index (κ2) is 7.50. The van der Waals surface area contributed by atoms with Gasteiger partial charge >= 0.3 is 0 Å². The summed E-state index contributed by atoms with van der Waals surface area (Å²) in [6, 6.07) is 9.80. The second-order valence-corrected chi connectivity index (χ2v) is 9.96. The number of ether oxygens (including phenoxy) is 1. The van der Waals surface area contributed by atoms with E-state index >= 15 is 0 Å². The van der Waals surface area contributed by atoms with Crippen molar-refractivity contribution < 1.29 is 13.3 Å². The Morgan fingerprint density at radius 2 is 1.78 bits per heavy atom. The highest BCUT2D eigenvalue weighted by atomic mass is 32.2. The largest absolute Gasteiger partial charge is 0.474 e. The molecule has 0 bridgehead atoms. The summed E-state index contributed by atoms with van der Waals surface area (Å²) in [4.78, 5) is 4.58. The molecule has 1 aromatic carbocycles. The molecule has 144 valence electrons. The molecule has 0 radical (unpaired) electrons. The predicted octanol–water partition coefficient (Wildman–Crippen LogP) is 4.80. The van der Waals surface area contributed by atoms with Crippen molar-refractivity contribution in [1.29, 1.82) is 0 Å². The number of benzene rings is 1. The lowest BCUT2D eigenvalue weighted by atomic mass is 10.1. The molecule has 1 heterocycles. The van der Waals surface area contributed by atoms with Crippen LogP contribution in [0.25, 0.3) is 11.3 Å². The topological polar surface area (TPSA) is 51.5 Å². The minimum atomic E-state index is -1.35. The molecule has 4 atom stereocenters. The summed E-state index contributed by atoms with van der Waals surface area (Å²) in [5.41, 5.74) is 2.19. The van der Waals surface area contributed by atoms with E-state index in [-0.39, 0.29) is 11.9 Å². The minimum absolute atomic E-state index is 0.148. The third-order valence-electron chi connectivity index (χ3n) is 4.77. The van der Waals surface area contributed by atoms with E-state index in [1.165, 1.54) is 12.1 Å². The highest BCUT2D eigenvalue weighted by Crippen LogP contribution is 2.41. The summed E-state index contributed by atoms with van der Waals surface area (Å²) in [6.07, 6.45) is 1.73. The summed E-state index contributed by atoms with van der Waals surface area (Å²) in [6.45, 7) is 9.92. The molecular weight excluding hydrogens is 363 g/mol. The number of nitrogens with zero attached hydrogens (tertiary/aromatic N) is 2. The summed E-state index contributed by atoms with van der Waals surface area (Å²) in [5.74, 6) is 1.19. The molecule has 1 aliphatic rings. The Bertz CT molecular complexity index is 867. The Morgan fingerprint density at radius 1 is 1.15 bits per heavy atom. The number of hydrogen-bond acceptors (Lipinski definition) is 3. The van der Waals surface area contributed by atoms with E-state index in [9.17, 15) is 8.60 Å². The van der Waals surface area contributed by atoms with Crippen molar-refractivity contribution >= 4 is 17.2 Å².